The highest BCUT2D eigenvalue weighted by atomic mass is 32.1. The van der Waals surface area contributed by atoms with Gasteiger partial charge in [-0.3, -0.25) is 4.79 Å². The molecule has 0 aliphatic rings. The van der Waals surface area contributed by atoms with Gasteiger partial charge in [-0.25, -0.2) is 4.98 Å². The summed E-state index contributed by atoms with van der Waals surface area (Å²) >= 11 is 1.47. The number of nitrogens with zero attached hydrogens (tertiary/aromatic N) is 1. The Labute approximate surface area is 134 Å². The number of hydrogen-bond donors (Lipinski definition) is 2. The second-order valence-electron chi connectivity index (χ2n) is 5.67. The first-order valence-electron chi connectivity index (χ1n) is 7.39. The van der Waals surface area contributed by atoms with E-state index >= 15 is 0 Å². The van der Waals surface area contributed by atoms with Crippen LogP contribution in [0.4, 0.5) is 0 Å². The molecule has 1 atom stereocenters. The molecule has 0 radical (unpaired) electrons. The minimum absolute atomic E-state index is 0.0588. The van der Waals surface area contributed by atoms with E-state index in [2.05, 4.69) is 10.3 Å². The molecule has 0 fully saturated rings. The molecule has 2 N–H and O–H groups in total. The summed E-state index contributed by atoms with van der Waals surface area (Å²) in [6, 6.07) is 3.78. The van der Waals surface area contributed by atoms with E-state index in [1.807, 2.05) is 38.3 Å². The Kier molecular flexibility index (Phi) is 5.37. The number of amides is 1. The summed E-state index contributed by atoms with van der Waals surface area (Å²) in [5.41, 5.74) is 0.358. The number of aliphatic hydroxyl groups is 1. The lowest BCUT2D eigenvalue weighted by Crippen LogP contribution is -2.46. The summed E-state index contributed by atoms with van der Waals surface area (Å²) in [6.45, 7) is 5.89. The minimum atomic E-state index is -0.372. The summed E-state index contributed by atoms with van der Waals surface area (Å²) in [4.78, 5) is 16.6. The lowest BCUT2D eigenvalue weighted by molar-refractivity contribution is -0.122. The van der Waals surface area contributed by atoms with Gasteiger partial charge >= 0.3 is 0 Å². The quantitative estimate of drug-likeness (QED) is 0.822. The first kappa shape index (κ1) is 16.7. The normalized spacial score (nSPS) is 13.8. The Hall–Kier alpha value is -1.66. The van der Waals surface area contributed by atoms with Gasteiger partial charge in [0.1, 0.15) is 5.76 Å². The lowest BCUT2D eigenvalue weighted by atomic mass is 9.94. The zero-order chi connectivity index (χ0) is 16.2. The second kappa shape index (κ2) is 7.07. The average Bonchev–Trinajstić information content (AvgIpc) is 3.07. The molecule has 2 rings (SSSR count). The molecular formula is C16H22N2O3S. The van der Waals surface area contributed by atoms with E-state index in [9.17, 15) is 4.79 Å². The van der Waals surface area contributed by atoms with Crippen LogP contribution in [-0.2, 0) is 11.2 Å². The van der Waals surface area contributed by atoms with Crippen molar-refractivity contribution in [2.24, 2.45) is 0 Å². The molecule has 22 heavy (non-hydrogen) atoms. The van der Waals surface area contributed by atoms with Crippen molar-refractivity contribution < 1.29 is 14.3 Å². The van der Waals surface area contributed by atoms with Crippen molar-refractivity contribution in [1.82, 2.24) is 10.3 Å². The van der Waals surface area contributed by atoms with Gasteiger partial charge in [0.25, 0.3) is 0 Å². The monoisotopic (exact) mass is 322 g/mol. The van der Waals surface area contributed by atoms with Crippen LogP contribution in [0.5, 0.6) is 0 Å². The maximum absolute atomic E-state index is 12.2. The maximum Gasteiger partial charge on any atom is 0.226 e. The van der Waals surface area contributed by atoms with Gasteiger partial charge in [0.15, 0.2) is 10.8 Å². The molecular weight excluding hydrogens is 300 g/mol. The van der Waals surface area contributed by atoms with Gasteiger partial charge in [-0.15, -0.1) is 11.3 Å². The SMILES string of the molecule is CCC(C)(CCO)NC(=O)Cc1csc(-c2ccc(C)o2)n1. The Morgan fingerprint density at radius 2 is 2.27 bits per heavy atom. The first-order valence-corrected chi connectivity index (χ1v) is 8.27. The summed E-state index contributed by atoms with van der Waals surface area (Å²) < 4.78 is 5.54. The highest BCUT2D eigenvalue weighted by Gasteiger charge is 2.24. The fraction of sp³-hybridized carbons (Fsp3) is 0.500. The molecule has 2 aromatic rings. The van der Waals surface area contributed by atoms with Crippen LogP contribution in [0.15, 0.2) is 21.9 Å². The van der Waals surface area contributed by atoms with E-state index in [0.29, 0.717) is 6.42 Å². The number of hydrogen-bond acceptors (Lipinski definition) is 5. The van der Waals surface area contributed by atoms with Crippen LogP contribution in [-0.4, -0.2) is 28.1 Å². The van der Waals surface area contributed by atoms with Crippen molar-refractivity contribution >= 4 is 17.2 Å². The van der Waals surface area contributed by atoms with E-state index in [-0.39, 0.29) is 24.5 Å². The summed E-state index contributed by atoms with van der Waals surface area (Å²) in [5.74, 6) is 1.49. The van der Waals surface area contributed by atoms with Crippen molar-refractivity contribution in [3.63, 3.8) is 0 Å². The van der Waals surface area contributed by atoms with Crippen molar-refractivity contribution in [1.29, 1.82) is 0 Å². The van der Waals surface area contributed by atoms with Crippen molar-refractivity contribution in [3.05, 3.63) is 29.0 Å². The topological polar surface area (TPSA) is 75.4 Å². The largest absolute Gasteiger partial charge is 0.459 e. The van der Waals surface area contributed by atoms with Gasteiger partial charge in [-0.2, -0.15) is 0 Å². The van der Waals surface area contributed by atoms with Gasteiger partial charge in [0, 0.05) is 17.5 Å². The number of nitrogens with one attached hydrogen (secondary N) is 1. The summed E-state index contributed by atoms with van der Waals surface area (Å²) in [7, 11) is 0. The smallest absolute Gasteiger partial charge is 0.226 e. The number of rotatable bonds is 7. The third-order valence-electron chi connectivity index (χ3n) is 3.73. The Morgan fingerprint density at radius 1 is 1.50 bits per heavy atom. The predicted octanol–water partition coefficient (Wildman–Crippen LogP) is 2.92. The van der Waals surface area contributed by atoms with Crippen LogP contribution < -0.4 is 5.32 Å². The molecule has 0 spiro atoms. The van der Waals surface area contributed by atoms with E-state index in [1.54, 1.807) is 0 Å². The fourth-order valence-corrected chi connectivity index (χ4v) is 2.95. The standard InChI is InChI=1S/C16H22N2O3S/c1-4-16(3,7-8-19)18-14(20)9-12-10-22-15(17-12)13-6-5-11(2)21-13/h5-6,10,19H,4,7-9H2,1-3H3,(H,18,20). The number of thiazole rings is 1. The number of carbonyl (C=O) groups excluding carboxylic acids is 1. The number of aryl methyl sites for hydroxylation is 1. The molecule has 0 aliphatic heterocycles. The molecule has 0 aliphatic carbocycles. The Morgan fingerprint density at radius 3 is 2.86 bits per heavy atom. The van der Waals surface area contributed by atoms with E-state index in [0.717, 1.165) is 28.6 Å². The Bertz CT molecular complexity index is 635. The van der Waals surface area contributed by atoms with Crippen LogP contribution >= 0.6 is 11.3 Å². The van der Waals surface area contributed by atoms with Gasteiger partial charge in [-0.05, 0) is 38.8 Å². The average molecular weight is 322 g/mol. The molecule has 6 heteroatoms. The summed E-state index contributed by atoms with van der Waals surface area (Å²) in [6.07, 6.45) is 1.55. The number of furan rings is 1. The third-order valence-corrected chi connectivity index (χ3v) is 4.64. The third kappa shape index (κ3) is 4.18. The lowest BCUT2D eigenvalue weighted by Gasteiger charge is -2.28. The second-order valence-corrected chi connectivity index (χ2v) is 6.53. The van der Waals surface area contributed by atoms with Crippen LogP contribution in [0.2, 0.25) is 0 Å². The molecule has 2 aromatic heterocycles. The number of carbonyl (C=O) groups is 1. The van der Waals surface area contributed by atoms with Crippen molar-refractivity contribution in [3.8, 4) is 10.8 Å². The molecule has 2 heterocycles. The molecule has 1 unspecified atom stereocenters. The molecule has 0 aromatic carbocycles. The van der Waals surface area contributed by atoms with Crippen LogP contribution in [0.25, 0.3) is 10.8 Å². The Balaban J connectivity index is 1.99. The molecule has 1 amide bonds. The summed E-state index contributed by atoms with van der Waals surface area (Å²) in [5, 5.41) is 14.7. The molecule has 5 nitrogen and oxygen atoms in total. The zero-order valence-corrected chi connectivity index (χ0v) is 14.0. The minimum Gasteiger partial charge on any atom is -0.459 e. The van der Waals surface area contributed by atoms with Crippen LogP contribution in [0.3, 0.4) is 0 Å². The number of aliphatic hydroxyl groups excluding tert-OH is 1. The molecule has 0 bridgehead atoms. The van der Waals surface area contributed by atoms with Crippen molar-refractivity contribution in [2.75, 3.05) is 6.61 Å². The highest BCUT2D eigenvalue weighted by molar-refractivity contribution is 7.13. The number of aromatic nitrogens is 1. The first-order chi connectivity index (χ1) is 10.5. The van der Waals surface area contributed by atoms with Crippen molar-refractivity contribution in [2.45, 2.75) is 45.6 Å². The molecule has 0 saturated carbocycles. The van der Waals surface area contributed by atoms with Gasteiger partial charge in [0.05, 0.1) is 12.1 Å². The van der Waals surface area contributed by atoms with E-state index < -0.39 is 0 Å². The van der Waals surface area contributed by atoms with Crippen LogP contribution in [0.1, 0.15) is 38.1 Å². The van der Waals surface area contributed by atoms with Gasteiger partial charge in [0.2, 0.25) is 5.91 Å². The van der Waals surface area contributed by atoms with E-state index in [4.69, 9.17) is 9.52 Å². The van der Waals surface area contributed by atoms with Crippen LogP contribution in [0, 0.1) is 6.92 Å². The molecule has 120 valence electrons. The highest BCUT2D eigenvalue weighted by Crippen LogP contribution is 2.25. The maximum atomic E-state index is 12.2. The van der Waals surface area contributed by atoms with E-state index in [1.165, 1.54) is 11.3 Å². The van der Waals surface area contributed by atoms with Gasteiger partial charge in [-0.1, -0.05) is 6.92 Å². The van der Waals surface area contributed by atoms with Gasteiger partial charge < -0.3 is 14.8 Å². The molecule has 0 saturated heterocycles. The fourth-order valence-electron chi connectivity index (χ4n) is 2.17. The predicted molar refractivity (Wildman–Crippen MR) is 86.8 cm³/mol. The zero-order valence-electron chi connectivity index (χ0n) is 13.2.